The predicted molar refractivity (Wildman–Crippen MR) is 71.2 cm³/mol. The van der Waals surface area contributed by atoms with Gasteiger partial charge in [-0.3, -0.25) is 4.79 Å². The Kier molecular flexibility index (Phi) is 4.10. The minimum atomic E-state index is -0.823. The predicted octanol–water partition coefficient (Wildman–Crippen LogP) is 2.54. The third-order valence-electron chi connectivity index (χ3n) is 3.45. The van der Waals surface area contributed by atoms with Gasteiger partial charge in [-0.25, -0.2) is 0 Å². The summed E-state index contributed by atoms with van der Waals surface area (Å²) in [6.07, 6.45) is 0.980. The van der Waals surface area contributed by atoms with E-state index < -0.39 is 12.1 Å². The largest absolute Gasteiger partial charge is 0.490 e. The number of carbonyl (C=O) groups is 1. The number of benzene rings is 1. The van der Waals surface area contributed by atoms with Crippen molar-refractivity contribution in [1.82, 2.24) is 0 Å². The summed E-state index contributed by atoms with van der Waals surface area (Å²) in [6, 6.07) is 5.71. The second-order valence-electron chi connectivity index (χ2n) is 5.45. The van der Waals surface area contributed by atoms with Gasteiger partial charge in [-0.15, -0.1) is 0 Å². The van der Waals surface area contributed by atoms with Gasteiger partial charge in [0.1, 0.15) is 11.9 Å². The van der Waals surface area contributed by atoms with Gasteiger partial charge in [0.05, 0.1) is 6.10 Å². The average Bonchev–Trinajstić information content (AvgIpc) is 2.66. The molecule has 3 atom stereocenters. The maximum Gasteiger partial charge on any atom is 0.303 e. The van der Waals surface area contributed by atoms with E-state index in [9.17, 15) is 9.90 Å². The number of aliphatic carboxylic acids is 1. The molecular formula is C15H20O4. The number of aliphatic hydroxyl groups excluding tert-OH is 1. The van der Waals surface area contributed by atoms with Crippen LogP contribution in [-0.2, 0) is 11.2 Å². The lowest BCUT2D eigenvalue weighted by molar-refractivity contribution is -0.138. The van der Waals surface area contributed by atoms with E-state index >= 15 is 0 Å². The molecule has 4 nitrogen and oxygen atoms in total. The van der Waals surface area contributed by atoms with Crippen molar-refractivity contribution >= 4 is 5.97 Å². The monoisotopic (exact) mass is 264 g/mol. The van der Waals surface area contributed by atoms with E-state index in [0.717, 1.165) is 23.3 Å². The maximum atomic E-state index is 10.6. The number of hydrogen-bond acceptors (Lipinski definition) is 3. The fourth-order valence-electron chi connectivity index (χ4n) is 2.55. The molecule has 0 saturated heterocycles. The lowest BCUT2D eigenvalue weighted by atomic mass is 9.94. The molecule has 4 heteroatoms. The zero-order chi connectivity index (χ0) is 14.0. The lowest BCUT2D eigenvalue weighted by Crippen LogP contribution is -2.09. The molecule has 0 saturated carbocycles. The summed E-state index contributed by atoms with van der Waals surface area (Å²) in [4.78, 5) is 10.6. The highest BCUT2D eigenvalue weighted by Gasteiger charge is 2.21. The normalized spacial score (nSPS) is 20.5. The van der Waals surface area contributed by atoms with Gasteiger partial charge in [0.25, 0.3) is 0 Å². The number of fused-ring (bicyclic) bond motifs is 1. The number of rotatable bonds is 5. The minimum absolute atomic E-state index is 0.0454. The molecule has 2 N–H and O–H groups in total. The van der Waals surface area contributed by atoms with E-state index in [2.05, 4.69) is 0 Å². The van der Waals surface area contributed by atoms with E-state index in [1.165, 1.54) is 0 Å². The molecule has 1 aromatic carbocycles. The van der Waals surface area contributed by atoms with Gasteiger partial charge in [-0.05, 0) is 42.5 Å². The van der Waals surface area contributed by atoms with E-state index in [1.807, 2.05) is 32.0 Å². The van der Waals surface area contributed by atoms with Crippen molar-refractivity contribution in [3.63, 3.8) is 0 Å². The van der Waals surface area contributed by atoms with E-state index in [-0.39, 0.29) is 18.4 Å². The second kappa shape index (κ2) is 5.61. The van der Waals surface area contributed by atoms with Crippen LogP contribution in [0, 0.1) is 5.92 Å². The Hall–Kier alpha value is -1.55. The second-order valence-corrected chi connectivity index (χ2v) is 5.45. The van der Waals surface area contributed by atoms with E-state index in [0.29, 0.717) is 6.42 Å². The molecule has 0 amide bonds. The van der Waals surface area contributed by atoms with Crippen LogP contribution >= 0.6 is 0 Å². The van der Waals surface area contributed by atoms with Gasteiger partial charge >= 0.3 is 5.97 Å². The van der Waals surface area contributed by atoms with Crippen LogP contribution in [0.3, 0.4) is 0 Å². The third-order valence-corrected chi connectivity index (χ3v) is 3.45. The van der Waals surface area contributed by atoms with Crippen molar-refractivity contribution < 1.29 is 19.7 Å². The number of aliphatic hydroxyl groups is 1. The molecule has 0 radical (unpaired) electrons. The highest BCUT2D eigenvalue weighted by atomic mass is 16.5. The maximum absolute atomic E-state index is 10.6. The van der Waals surface area contributed by atoms with E-state index in [4.69, 9.17) is 9.84 Å². The first-order chi connectivity index (χ1) is 8.95. The fourth-order valence-corrected chi connectivity index (χ4v) is 2.55. The van der Waals surface area contributed by atoms with Crippen molar-refractivity contribution in [2.24, 2.45) is 5.92 Å². The van der Waals surface area contributed by atoms with Crippen molar-refractivity contribution in [2.75, 3.05) is 0 Å². The topological polar surface area (TPSA) is 66.8 Å². The van der Waals surface area contributed by atoms with Crippen molar-refractivity contribution in [3.05, 3.63) is 29.3 Å². The molecule has 0 aliphatic carbocycles. The molecule has 3 unspecified atom stereocenters. The molecule has 0 bridgehead atoms. The highest BCUT2D eigenvalue weighted by Crippen LogP contribution is 2.32. The Morgan fingerprint density at radius 2 is 2.26 bits per heavy atom. The first kappa shape index (κ1) is 13.9. The van der Waals surface area contributed by atoms with Gasteiger partial charge in [0.2, 0.25) is 0 Å². The fraction of sp³-hybridized carbons (Fsp3) is 0.533. The summed E-state index contributed by atoms with van der Waals surface area (Å²) in [6.45, 7) is 3.86. The summed E-state index contributed by atoms with van der Waals surface area (Å²) >= 11 is 0. The molecule has 0 spiro atoms. The molecule has 0 fully saturated rings. The lowest BCUT2D eigenvalue weighted by Gasteiger charge is -2.16. The molecule has 2 rings (SSSR count). The van der Waals surface area contributed by atoms with Crippen LogP contribution in [-0.4, -0.2) is 22.3 Å². The third kappa shape index (κ3) is 3.47. The van der Waals surface area contributed by atoms with Crippen molar-refractivity contribution in [3.8, 4) is 5.75 Å². The van der Waals surface area contributed by atoms with Crippen LogP contribution in [0.15, 0.2) is 18.2 Å². The molecular weight excluding hydrogens is 244 g/mol. The van der Waals surface area contributed by atoms with Crippen LogP contribution in [0.1, 0.15) is 43.9 Å². The summed E-state index contributed by atoms with van der Waals surface area (Å²) in [5, 5.41) is 18.9. The SMILES string of the molecule is CC(CC(=O)O)CC(O)c1ccc2c(c1)CC(C)O2. The van der Waals surface area contributed by atoms with Gasteiger partial charge < -0.3 is 14.9 Å². The zero-order valence-corrected chi connectivity index (χ0v) is 11.3. The first-order valence-electron chi connectivity index (χ1n) is 6.65. The van der Waals surface area contributed by atoms with Gasteiger partial charge in [0, 0.05) is 12.8 Å². The molecule has 104 valence electrons. The van der Waals surface area contributed by atoms with E-state index in [1.54, 1.807) is 0 Å². The van der Waals surface area contributed by atoms with Gasteiger partial charge in [-0.2, -0.15) is 0 Å². The Labute approximate surface area is 113 Å². The number of hydrogen-bond donors (Lipinski definition) is 2. The Balaban J connectivity index is 2.02. The Bertz CT molecular complexity index is 469. The van der Waals surface area contributed by atoms with Crippen LogP contribution in [0.4, 0.5) is 0 Å². The Morgan fingerprint density at radius 1 is 1.53 bits per heavy atom. The summed E-state index contributed by atoms with van der Waals surface area (Å²) < 4.78 is 5.62. The van der Waals surface area contributed by atoms with Crippen LogP contribution in [0.25, 0.3) is 0 Å². The smallest absolute Gasteiger partial charge is 0.303 e. The number of carboxylic acid groups (broad SMARTS) is 1. The van der Waals surface area contributed by atoms with Gasteiger partial charge in [0.15, 0.2) is 0 Å². The molecule has 1 aromatic rings. The standard InChI is InChI=1S/C15H20O4/c1-9(6-15(17)18)5-13(16)11-3-4-14-12(8-11)7-10(2)19-14/h3-4,8-10,13,16H,5-7H2,1-2H3,(H,17,18). The van der Waals surface area contributed by atoms with Gasteiger partial charge in [-0.1, -0.05) is 13.0 Å². The van der Waals surface area contributed by atoms with Crippen LogP contribution in [0.2, 0.25) is 0 Å². The number of ether oxygens (including phenoxy) is 1. The van der Waals surface area contributed by atoms with Crippen LogP contribution in [0.5, 0.6) is 5.75 Å². The molecule has 1 heterocycles. The van der Waals surface area contributed by atoms with Crippen LogP contribution < -0.4 is 4.74 Å². The average molecular weight is 264 g/mol. The summed E-state index contributed by atoms with van der Waals surface area (Å²) in [5.74, 6) is 0.0221. The van der Waals surface area contributed by atoms with Crippen molar-refractivity contribution in [2.45, 2.75) is 45.3 Å². The first-order valence-corrected chi connectivity index (χ1v) is 6.65. The van der Waals surface area contributed by atoms with Crippen molar-refractivity contribution in [1.29, 1.82) is 0 Å². The zero-order valence-electron chi connectivity index (χ0n) is 11.3. The number of carboxylic acids is 1. The quantitative estimate of drug-likeness (QED) is 0.857. The minimum Gasteiger partial charge on any atom is -0.490 e. The summed E-state index contributed by atoms with van der Waals surface area (Å²) in [5.41, 5.74) is 1.96. The Morgan fingerprint density at radius 3 is 2.95 bits per heavy atom. The molecule has 0 aromatic heterocycles. The summed E-state index contributed by atoms with van der Waals surface area (Å²) in [7, 11) is 0. The molecule has 1 aliphatic heterocycles. The highest BCUT2D eigenvalue weighted by molar-refractivity contribution is 5.66. The molecule has 1 aliphatic rings. The molecule has 19 heavy (non-hydrogen) atoms.